The topological polar surface area (TPSA) is 32.3 Å². The zero-order valence-corrected chi connectivity index (χ0v) is 10.6. The molecule has 1 unspecified atom stereocenters. The first kappa shape index (κ1) is 12.7. The van der Waals surface area contributed by atoms with Crippen LogP contribution in [0, 0.1) is 0 Å². The zero-order valence-electron chi connectivity index (χ0n) is 10.6. The number of hydrogen-bond donors (Lipinski definition) is 2. The van der Waals surface area contributed by atoms with E-state index >= 15 is 0 Å². The van der Waals surface area contributed by atoms with E-state index in [0.29, 0.717) is 11.7 Å². The molecule has 0 aromatic heterocycles. The van der Waals surface area contributed by atoms with Crippen molar-refractivity contribution in [2.75, 3.05) is 13.6 Å². The van der Waals surface area contributed by atoms with Gasteiger partial charge in [0.05, 0.1) is 0 Å². The van der Waals surface area contributed by atoms with E-state index in [1.807, 2.05) is 25.2 Å². The quantitative estimate of drug-likeness (QED) is 0.843. The van der Waals surface area contributed by atoms with Crippen LogP contribution in [0.4, 0.5) is 0 Å². The molecule has 2 heteroatoms. The van der Waals surface area contributed by atoms with Gasteiger partial charge in [-0.3, -0.25) is 0 Å². The van der Waals surface area contributed by atoms with E-state index in [1.54, 1.807) is 6.07 Å². The molecule has 2 N–H and O–H groups in total. The van der Waals surface area contributed by atoms with Gasteiger partial charge in [0, 0.05) is 12.5 Å². The molecule has 0 aliphatic rings. The van der Waals surface area contributed by atoms with Crippen LogP contribution in [0.1, 0.15) is 17.0 Å². The molecule has 0 bridgehead atoms. The Labute approximate surface area is 108 Å². The molecular formula is C16H19NO. The second-order valence-corrected chi connectivity index (χ2v) is 4.54. The number of aromatic hydroxyl groups is 1. The highest BCUT2D eigenvalue weighted by Crippen LogP contribution is 2.22. The first-order valence-corrected chi connectivity index (χ1v) is 6.27. The van der Waals surface area contributed by atoms with Crippen LogP contribution in [-0.4, -0.2) is 18.7 Å². The van der Waals surface area contributed by atoms with Crippen molar-refractivity contribution in [2.45, 2.75) is 12.3 Å². The van der Waals surface area contributed by atoms with Crippen molar-refractivity contribution in [1.82, 2.24) is 5.32 Å². The van der Waals surface area contributed by atoms with Crippen molar-refractivity contribution in [3.8, 4) is 5.75 Å². The zero-order chi connectivity index (χ0) is 12.8. The van der Waals surface area contributed by atoms with E-state index < -0.39 is 0 Å². The maximum absolute atomic E-state index is 9.51. The Morgan fingerprint density at radius 2 is 1.83 bits per heavy atom. The summed E-state index contributed by atoms with van der Waals surface area (Å²) in [6.07, 6.45) is 0.930. The summed E-state index contributed by atoms with van der Waals surface area (Å²) < 4.78 is 0. The molecule has 18 heavy (non-hydrogen) atoms. The normalized spacial score (nSPS) is 12.3. The van der Waals surface area contributed by atoms with Crippen molar-refractivity contribution in [2.24, 2.45) is 0 Å². The van der Waals surface area contributed by atoms with Gasteiger partial charge in [-0.25, -0.2) is 0 Å². The van der Waals surface area contributed by atoms with Gasteiger partial charge in [0.15, 0.2) is 0 Å². The van der Waals surface area contributed by atoms with E-state index in [2.05, 4.69) is 35.6 Å². The number of phenolic OH excluding ortho intramolecular Hbond substituents is 1. The monoisotopic (exact) mass is 241 g/mol. The molecule has 2 nitrogen and oxygen atoms in total. The van der Waals surface area contributed by atoms with Crippen molar-refractivity contribution >= 4 is 0 Å². The Bertz CT molecular complexity index is 481. The molecule has 0 fully saturated rings. The highest BCUT2D eigenvalue weighted by molar-refractivity contribution is 5.30. The van der Waals surface area contributed by atoms with Gasteiger partial charge >= 0.3 is 0 Å². The number of nitrogens with one attached hydrogen (secondary N) is 1. The molecule has 0 aliphatic heterocycles. The minimum atomic E-state index is 0.337. The fraction of sp³-hybridized carbons (Fsp3) is 0.250. The average Bonchev–Trinajstić information content (AvgIpc) is 2.39. The summed E-state index contributed by atoms with van der Waals surface area (Å²) >= 11 is 0. The Hall–Kier alpha value is -1.80. The second-order valence-electron chi connectivity index (χ2n) is 4.54. The Morgan fingerprint density at radius 1 is 1.06 bits per heavy atom. The minimum absolute atomic E-state index is 0.337. The lowest BCUT2D eigenvalue weighted by molar-refractivity contribution is 0.474. The molecule has 0 amide bonds. The fourth-order valence-electron chi connectivity index (χ4n) is 2.25. The first-order chi connectivity index (χ1) is 8.79. The predicted octanol–water partition coefficient (Wildman–Crippen LogP) is 2.94. The lowest BCUT2D eigenvalue weighted by atomic mass is 9.92. The van der Waals surface area contributed by atoms with E-state index in [-0.39, 0.29) is 0 Å². The van der Waals surface area contributed by atoms with Gasteiger partial charge in [-0.1, -0.05) is 42.5 Å². The molecule has 94 valence electrons. The van der Waals surface area contributed by atoms with Crippen LogP contribution >= 0.6 is 0 Å². The van der Waals surface area contributed by atoms with Gasteiger partial charge in [0.25, 0.3) is 0 Å². The van der Waals surface area contributed by atoms with Crippen molar-refractivity contribution in [3.05, 3.63) is 65.7 Å². The Balaban J connectivity index is 2.16. The van der Waals surface area contributed by atoms with Gasteiger partial charge in [-0.15, -0.1) is 0 Å². The summed E-state index contributed by atoms with van der Waals surface area (Å²) in [5.41, 5.74) is 2.49. The third-order valence-electron chi connectivity index (χ3n) is 3.11. The minimum Gasteiger partial charge on any atom is -0.508 e. The molecule has 0 radical (unpaired) electrons. The number of likely N-dealkylation sites (N-methyl/N-ethyl adjacent to an activating group) is 1. The van der Waals surface area contributed by atoms with Gasteiger partial charge in [0.1, 0.15) is 5.75 Å². The number of hydrogen-bond acceptors (Lipinski definition) is 2. The summed E-state index contributed by atoms with van der Waals surface area (Å²) in [5, 5.41) is 12.7. The maximum Gasteiger partial charge on any atom is 0.115 e. The molecule has 2 rings (SSSR count). The largest absolute Gasteiger partial charge is 0.508 e. The molecule has 0 saturated carbocycles. The highest BCUT2D eigenvalue weighted by Gasteiger charge is 2.11. The van der Waals surface area contributed by atoms with Crippen LogP contribution in [0.25, 0.3) is 0 Å². The smallest absolute Gasteiger partial charge is 0.115 e. The number of rotatable bonds is 5. The molecule has 0 aliphatic carbocycles. The van der Waals surface area contributed by atoms with Gasteiger partial charge < -0.3 is 10.4 Å². The summed E-state index contributed by atoms with van der Waals surface area (Å²) in [5.74, 6) is 0.766. The van der Waals surface area contributed by atoms with E-state index in [1.165, 1.54) is 11.1 Å². The van der Waals surface area contributed by atoms with Gasteiger partial charge in [-0.05, 0) is 36.7 Å². The van der Waals surface area contributed by atoms with Crippen LogP contribution in [0.3, 0.4) is 0 Å². The predicted molar refractivity (Wildman–Crippen MR) is 74.9 cm³/mol. The number of benzene rings is 2. The second kappa shape index (κ2) is 6.22. The lowest BCUT2D eigenvalue weighted by Crippen LogP contribution is -2.19. The van der Waals surface area contributed by atoms with E-state index in [4.69, 9.17) is 0 Å². The summed E-state index contributed by atoms with van der Waals surface area (Å²) in [6.45, 7) is 0.930. The van der Waals surface area contributed by atoms with Crippen LogP contribution < -0.4 is 5.32 Å². The van der Waals surface area contributed by atoms with Gasteiger partial charge in [0.2, 0.25) is 0 Å². The van der Waals surface area contributed by atoms with E-state index in [0.717, 1.165) is 13.0 Å². The Morgan fingerprint density at radius 3 is 2.50 bits per heavy atom. The van der Waals surface area contributed by atoms with Gasteiger partial charge in [-0.2, -0.15) is 0 Å². The van der Waals surface area contributed by atoms with Crippen molar-refractivity contribution in [1.29, 1.82) is 0 Å². The molecule has 0 spiro atoms. The highest BCUT2D eigenvalue weighted by atomic mass is 16.3. The lowest BCUT2D eigenvalue weighted by Gasteiger charge is -2.17. The Kier molecular flexibility index (Phi) is 4.37. The standard InChI is InChI=1S/C16H19NO/c1-17-12-15(14-7-3-2-4-8-14)10-13-6-5-9-16(18)11-13/h2-9,11,15,17-18H,10,12H2,1H3. The molecule has 2 aromatic rings. The summed E-state index contributed by atoms with van der Waals surface area (Å²) in [7, 11) is 1.97. The summed E-state index contributed by atoms with van der Waals surface area (Å²) in [6, 6.07) is 18.0. The van der Waals surface area contributed by atoms with E-state index in [9.17, 15) is 5.11 Å². The SMILES string of the molecule is CNCC(Cc1cccc(O)c1)c1ccccc1. The first-order valence-electron chi connectivity index (χ1n) is 6.27. The van der Waals surface area contributed by atoms with Crippen LogP contribution in [0.5, 0.6) is 5.75 Å². The van der Waals surface area contributed by atoms with Crippen LogP contribution in [-0.2, 0) is 6.42 Å². The maximum atomic E-state index is 9.51. The molecule has 0 saturated heterocycles. The number of phenols is 1. The van der Waals surface area contributed by atoms with Crippen LogP contribution in [0.2, 0.25) is 0 Å². The molecular weight excluding hydrogens is 222 g/mol. The van der Waals surface area contributed by atoms with Crippen LogP contribution in [0.15, 0.2) is 54.6 Å². The molecule has 0 heterocycles. The van der Waals surface area contributed by atoms with Crippen molar-refractivity contribution < 1.29 is 5.11 Å². The average molecular weight is 241 g/mol. The third kappa shape index (κ3) is 3.34. The third-order valence-corrected chi connectivity index (χ3v) is 3.11. The fourth-order valence-corrected chi connectivity index (χ4v) is 2.25. The summed E-state index contributed by atoms with van der Waals surface area (Å²) in [4.78, 5) is 0. The van der Waals surface area contributed by atoms with Crippen molar-refractivity contribution in [3.63, 3.8) is 0 Å². The molecule has 2 aromatic carbocycles. The molecule has 1 atom stereocenters.